The van der Waals surface area contributed by atoms with Gasteiger partial charge in [-0.05, 0) is 38.0 Å². The Balaban J connectivity index is 2.11. The molecule has 0 saturated carbocycles. The highest BCUT2D eigenvalue weighted by molar-refractivity contribution is 6.30. The molecule has 1 N–H and O–H groups in total. The molecule has 2 aliphatic heterocycles. The van der Waals surface area contributed by atoms with Crippen LogP contribution in [0.1, 0.15) is 38.8 Å². The third-order valence-corrected chi connectivity index (χ3v) is 5.74. The van der Waals surface area contributed by atoms with Gasteiger partial charge in [0.2, 0.25) is 11.8 Å². The highest BCUT2D eigenvalue weighted by Gasteiger charge is 2.67. The first kappa shape index (κ1) is 18.9. The van der Waals surface area contributed by atoms with E-state index in [1.54, 1.807) is 26.0 Å². The summed E-state index contributed by atoms with van der Waals surface area (Å²) in [6.45, 7) is 5.83. The van der Waals surface area contributed by atoms with Gasteiger partial charge >= 0.3 is 5.97 Å². The number of carbonyl (C=O) groups excluding carboxylic acids is 3. The molecule has 0 radical (unpaired) electrons. The molecule has 140 valence electrons. The minimum absolute atomic E-state index is 0.213. The SMILES string of the molecule is CCOC(=O)[C@]1(CC)N[C@H](c2ccc(Cl)cc2)[C@H]2C(=O)N(CC)C(=O)[C@@H]21. The lowest BCUT2D eigenvalue weighted by Gasteiger charge is -2.31. The van der Waals surface area contributed by atoms with E-state index in [0.29, 0.717) is 18.0 Å². The Kier molecular flexibility index (Phi) is 5.08. The van der Waals surface area contributed by atoms with Crippen LogP contribution in [0.5, 0.6) is 0 Å². The summed E-state index contributed by atoms with van der Waals surface area (Å²) in [5, 5.41) is 3.88. The third kappa shape index (κ3) is 2.63. The van der Waals surface area contributed by atoms with Crippen molar-refractivity contribution in [2.45, 2.75) is 38.8 Å². The molecule has 0 bridgehead atoms. The Morgan fingerprint density at radius 3 is 2.38 bits per heavy atom. The van der Waals surface area contributed by atoms with Crippen LogP contribution in [0.25, 0.3) is 0 Å². The van der Waals surface area contributed by atoms with E-state index in [-0.39, 0.29) is 18.4 Å². The van der Waals surface area contributed by atoms with Gasteiger partial charge in [0, 0.05) is 17.6 Å². The first-order valence-electron chi connectivity index (χ1n) is 8.96. The molecule has 4 atom stereocenters. The van der Waals surface area contributed by atoms with E-state index in [1.165, 1.54) is 4.90 Å². The molecule has 2 fully saturated rings. The van der Waals surface area contributed by atoms with E-state index in [9.17, 15) is 14.4 Å². The molecule has 2 saturated heterocycles. The van der Waals surface area contributed by atoms with Crippen LogP contribution in [0.15, 0.2) is 24.3 Å². The average molecular weight is 379 g/mol. The van der Waals surface area contributed by atoms with Gasteiger partial charge in [-0.1, -0.05) is 30.7 Å². The van der Waals surface area contributed by atoms with Gasteiger partial charge in [-0.2, -0.15) is 0 Å². The topological polar surface area (TPSA) is 75.7 Å². The minimum atomic E-state index is -1.21. The number of benzene rings is 1. The first-order valence-corrected chi connectivity index (χ1v) is 9.34. The van der Waals surface area contributed by atoms with E-state index >= 15 is 0 Å². The van der Waals surface area contributed by atoms with Crippen molar-refractivity contribution < 1.29 is 19.1 Å². The molecule has 1 aromatic carbocycles. The van der Waals surface area contributed by atoms with Crippen LogP contribution in [0.3, 0.4) is 0 Å². The van der Waals surface area contributed by atoms with E-state index in [2.05, 4.69) is 5.32 Å². The quantitative estimate of drug-likeness (QED) is 0.628. The predicted molar refractivity (Wildman–Crippen MR) is 96.4 cm³/mol. The molecule has 3 rings (SSSR count). The molecule has 0 aliphatic carbocycles. The number of fused-ring (bicyclic) bond motifs is 1. The monoisotopic (exact) mass is 378 g/mol. The second-order valence-electron chi connectivity index (χ2n) is 6.64. The molecular weight excluding hydrogens is 356 g/mol. The highest BCUT2D eigenvalue weighted by atomic mass is 35.5. The highest BCUT2D eigenvalue weighted by Crippen LogP contribution is 2.50. The van der Waals surface area contributed by atoms with Crippen LogP contribution >= 0.6 is 11.6 Å². The number of halogens is 1. The van der Waals surface area contributed by atoms with Crippen molar-refractivity contribution in [3.05, 3.63) is 34.9 Å². The number of amides is 2. The van der Waals surface area contributed by atoms with Gasteiger partial charge in [-0.15, -0.1) is 0 Å². The van der Waals surface area contributed by atoms with Gasteiger partial charge in [-0.3, -0.25) is 24.6 Å². The van der Waals surface area contributed by atoms with Crippen molar-refractivity contribution in [1.82, 2.24) is 10.2 Å². The summed E-state index contributed by atoms with van der Waals surface area (Å²) in [6, 6.07) is 6.67. The number of carbonyl (C=O) groups is 3. The maximum Gasteiger partial charge on any atom is 0.327 e. The maximum atomic E-state index is 13.0. The predicted octanol–water partition coefficient (Wildman–Crippen LogP) is 2.32. The smallest absolute Gasteiger partial charge is 0.327 e. The Morgan fingerprint density at radius 1 is 1.19 bits per heavy atom. The number of hydrogen-bond donors (Lipinski definition) is 1. The number of hydrogen-bond acceptors (Lipinski definition) is 5. The summed E-state index contributed by atoms with van der Waals surface area (Å²) in [7, 11) is 0. The van der Waals surface area contributed by atoms with E-state index in [0.717, 1.165) is 5.56 Å². The largest absolute Gasteiger partial charge is 0.465 e. The number of nitrogens with one attached hydrogen (secondary N) is 1. The van der Waals surface area contributed by atoms with Gasteiger partial charge in [0.05, 0.1) is 18.4 Å². The van der Waals surface area contributed by atoms with Crippen LogP contribution in [-0.2, 0) is 19.1 Å². The van der Waals surface area contributed by atoms with Crippen LogP contribution in [0.2, 0.25) is 5.02 Å². The number of nitrogens with zero attached hydrogens (tertiary/aromatic N) is 1. The van der Waals surface area contributed by atoms with Crippen molar-refractivity contribution in [3.63, 3.8) is 0 Å². The Labute approximate surface area is 157 Å². The fourth-order valence-corrected chi connectivity index (χ4v) is 4.37. The molecule has 2 heterocycles. The van der Waals surface area contributed by atoms with Crippen molar-refractivity contribution in [3.8, 4) is 0 Å². The zero-order valence-electron chi connectivity index (χ0n) is 15.1. The second-order valence-corrected chi connectivity index (χ2v) is 7.08. The lowest BCUT2D eigenvalue weighted by molar-refractivity contribution is -0.156. The van der Waals surface area contributed by atoms with Crippen LogP contribution < -0.4 is 5.32 Å². The lowest BCUT2D eigenvalue weighted by atomic mass is 9.78. The number of ether oxygens (including phenoxy) is 1. The zero-order chi connectivity index (χ0) is 19.1. The zero-order valence-corrected chi connectivity index (χ0v) is 15.9. The Morgan fingerprint density at radius 2 is 1.85 bits per heavy atom. The Bertz CT molecular complexity index is 736. The van der Waals surface area contributed by atoms with Gasteiger partial charge < -0.3 is 4.74 Å². The number of esters is 1. The summed E-state index contributed by atoms with van der Waals surface area (Å²) >= 11 is 5.98. The number of likely N-dealkylation sites (tertiary alicyclic amines) is 1. The molecule has 2 amide bonds. The normalized spacial score (nSPS) is 30.6. The minimum Gasteiger partial charge on any atom is -0.465 e. The summed E-state index contributed by atoms with van der Waals surface area (Å²) in [6.07, 6.45) is 0.355. The molecule has 7 heteroatoms. The van der Waals surface area contributed by atoms with E-state index < -0.39 is 29.4 Å². The van der Waals surface area contributed by atoms with Crippen LogP contribution in [0.4, 0.5) is 0 Å². The van der Waals surface area contributed by atoms with Crippen LogP contribution in [0, 0.1) is 11.8 Å². The van der Waals surface area contributed by atoms with Crippen molar-refractivity contribution >= 4 is 29.4 Å². The molecule has 6 nitrogen and oxygen atoms in total. The molecule has 0 spiro atoms. The number of rotatable bonds is 5. The third-order valence-electron chi connectivity index (χ3n) is 5.49. The molecule has 0 aromatic heterocycles. The molecule has 2 aliphatic rings. The summed E-state index contributed by atoms with van der Waals surface area (Å²) < 4.78 is 5.28. The molecule has 1 aromatic rings. The van der Waals surface area contributed by atoms with Gasteiger partial charge in [0.15, 0.2) is 0 Å². The van der Waals surface area contributed by atoms with Crippen LogP contribution in [-0.4, -0.2) is 41.4 Å². The average Bonchev–Trinajstić information content (AvgIpc) is 3.11. The summed E-state index contributed by atoms with van der Waals surface area (Å²) in [4.78, 5) is 40.0. The maximum absolute atomic E-state index is 13.0. The molecule has 26 heavy (non-hydrogen) atoms. The van der Waals surface area contributed by atoms with Crippen molar-refractivity contribution in [2.24, 2.45) is 11.8 Å². The van der Waals surface area contributed by atoms with Gasteiger partial charge in [-0.25, -0.2) is 0 Å². The summed E-state index contributed by atoms with van der Waals surface area (Å²) in [5.74, 6) is -2.42. The standard InChI is InChI=1S/C19H23ClN2O4/c1-4-19(18(25)26-6-3)14-13(16(23)22(5-2)17(14)24)15(21-19)11-7-9-12(20)10-8-11/h7-10,13-15,21H,4-6H2,1-3H3/t13-,14+,15+,19+/m0/s1. The Hall–Kier alpha value is -1.92. The first-order chi connectivity index (χ1) is 12.4. The molecular formula is C19H23ClN2O4. The van der Waals surface area contributed by atoms with Gasteiger partial charge in [0.1, 0.15) is 5.54 Å². The number of imide groups is 1. The fourth-order valence-electron chi connectivity index (χ4n) is 4.25. The fraction of sp³-hybridized carbons (Fsp3) is 0.526. The van der Waals surface area contributed by atoms with E-state index in [4.69, 9.17) is 16.3 Å². The summed E-state index contributed by atoms with van der Waals surface area (Å²) in [5.41, 5.74) is -0.384. The van der Waals surface area contributed by atoms with Crippen molar-refractivity contribution in [2.75, 3.05) is 13.2 Å². The second kappa shape index (κ2) is 7.00. The van der Waals surface area contributed by atoms with Crippen molar-refractivity contribution in [1.29, 1.82) is 0 Å². The molecule has 0 unspecified atom stereocenters. The van der Waals surface area contributed by atoms with E-state index in [1.807, 2.05) is 19.1 Å². The lowest BCUT2D eigenvalue weighted by Crippen LogP contribution is -2.56. The van der Waals surface area contributed by atoms with Gasteiger partial charge in [0.25, 0.3) is 0 Å².